The highest BCUT2D eigenvalue weighted by molar-refractivity contribution is 7.54. The van der Waals surface area contributed by atoms with E-state index in [1.54, 1.807) is 34.0 Å². The van der Waals surface area contributed by atoms with Gasteiger partial charge in [-0.1, -0.05) is 11.6 Å². The highest BCUT2D eigenvalue weighted by Gasteiger charge is 2.27. The largest absolute Gasteiger partial charge is 0.331 e. The first-order valence-electron chi connectivity index (χ1n) is 11.1. The van der Waals surface area contributed by atoms with Crippen LogP contribution < -0.4 is 0 Å². The van der Waals surface area contributed by atoms with Gasteiger partial charge in [0.1, 0.15) is 11.8 Å². The molecule has 0 aliphatic carbocycles. The molecule has 0 amide bonds. The Morgan fingerprint density at radius 3 is 1.85 bits per heavy atom. The van der Waals surface area contributed by atoms with Gasteiger partial charge in [-0.25, -0.2) is 15.0 Å². The van der Waals surface area contributed by atoms with Gasteiger partial charge < -0.3 is 27.6 Å². The predicted molar refractivity (Wildman–Crippen MR) is 128 cm³/mol. The summed E-state index contributed by atoms with van der Waals surface area (Å²) >= 11 is 6.10. The Kier molecular flexibility index (Phi) is 11.9. The van der Waals surface area contributed by atoms with Crippen LogP contribution in [0.25, 0.3) is 11.2 Å². The quantitative estimate of drug-likeness (QED) is 0.218. The number of aromatic nitrogens is 4. The minimum Gasteiger partial charge on any atom is -0.314 e. The lowest BCUT2D eigenvalue weighted by Crippen LogP contribution is -2.33. The van der Waals surface area contributed by atoms with Crippen LogP contribution in [-0.2, 0) is 33.8 Å². The van der Waals surface area contributed by atoms with Crippen molar-refractivity contribution in [3.8, 4) is 0 Å². The highest BCUT2D eigenvalue weighted by atomic mass is 35.5. The molecule has 2 aromatic rings. The summed E-state index contributed by atoms with van der Waals surface area (Å²) in [5.41, 5.74) is 1.15. The molecule has 33 heavy (non-hydrogen) atoms. The molecule has 0 unspecified atom stereocenters. The first-order valence-corrected chi connectivity index (χ1v) is 14.9. The first-order chi connectivity index (χ1) is 15.8. The molecule has 2 rings (SSSR count). The summed E-state index contributed by atoms with van der Waals surface area (Å²) in [5.74, 6) is 0. The molecule has 0 aromatic carbocycles. The normalized spacial score (nSPS) is 12.8. The van der Waals surface area contributed by atoms with E-state index in [9.17, 15) is 9.13 Å². The summed E-state index contributed by atoms with van der Waals surface area (Å²) in [4.78, 5) is 14.5. The maximum absolute atomic E-state index is 12.9. The molecule has 0 spiro atoms. The fourth-order valence-electron chi connectivity index (χ4n) is 3.25. The van der Waals surface area contributed by atoms with Crippen molar-refractivity contribution in [1.82, 2.24) is 24.4 Å². The minimum absolute atomic E-state index is 0.209. The zero-order valence-corrected chi connectivity index (χ0v) is 22.2. The number of hydrogen-bond donors (Lipinski definition) is 0. The molecule has 0 radical (unpaired) electrons. The second-order valence-electron chi connectivity index (χ2n) is 6.96. The van der Waals surface area contributed by atoms with Crippen LogP contribution in [0.1, 0.15) is 27.7 Å². The topological polar surface area (TPSA) is 118 Å². The summed E-state index contributed by atoms with van der Waals surface area (Å²) < 4.78 is 49.4. The third kappa shape index (κ3) is 8.67. The molecule has 0 N–H and O–H groups in total. The lowest BCUT2D eigenvalue weighted by atomic mass is 10.4. The Hall–Kier alpha value is -0.900. The molecule has 2 aromatic heterocycles. The molecule has 0 saturated heterocycles. The van der Waals surface area contributed by atoms with E-state index >= 15 is 0 Å². The molecule has 188 valence electrons. The van der Waals surface area contributed by atoms with Crippen LogP contribution in [-0.4, -0.2) is 82.8 Å². The van der Waals surface area contributed by atoms with E-state index in [0.717, 1.165) is 0 Å². The Balaban J connectivity index is 2.13. The van der Waals surface area contributed by atoms with E-state index in [1.165, 1.54) is 6.33 Å². The van der Waals surface area contributed by atoms with E-state index in [2.05, 4.69) is 15.0 Å². The smallest absolute Gasteiger partial charge is 0.314 e. The van der Waals surface area contributed by atoms with Crippen LogP contribution in [0, 0.1) is 0 Å². The molecule has 0 saturated carbocycles. The maximum Gasteiger partial charge on any atom is 0.331 e. The lowest BCUT2D eigenvalue weighted by Gasteiger charge is -2.26. The summed E-state index contributed by atoms with van der Waals surface area (Å²) in [6.07, 6.45) is 3.46. The zero-order valence-electron chi connectivity index (χ0n) is 19.7. The second-order valence-corrected chi connectivity index (χ2v) is 11.7. The van der Waals surface area contributed by atoms with E-state index in [4.69, 9.17) is 29.7 Å². The van der Waals surface area contributed by atoms with Crippen molar-refractivity contribution >= 4 is 38.0 Å². The van der Waals surface area contributed by atoms with Gasteiger partial charge in [-0.3, -0.25) is 9.13 Å². The van der Waals surface area contributed by atoms with Crippen molar-refractivity contribution in [1.29, 1.82) is 0 Å². The molecular formula is C19H34ClN5O6P2. The molecule has 0 bridgehead atoms. The summed E-state index contributed by atoms with van der Waals surface area (Å²) in [7, 11) is -6.45. The van der Waals surface area contributed by atoms with Crippen molar-refractivity contribution in [2.45, 2.75) is 34.2 Å². The Labute approximate surface area is 200 Å². The van der Waals surface area contributed by atoms with Crippen LogP contribution in [0.3, 0.4) is 0 Å². The van der Waals surface area contributed by atoms with Crippen LogP contribution in [0.15, 0.2) is 12.7 Å². The third-order valence-corrected chi connectivity index (χ3v) is 9.08. The van der Waals surface area contributed by atoms with Gasteiger partial charge in [0.05, 0.1) is 45.1 Å². The number of halogens is 1. The van der Waals surface area contributed by atoms with Gasteiger partial charge >= 0.3 is 15.2 Å². The molecular weight excluding hydrogens is 492 g/mol. The van der Waals surface area contributed by atoms with E-state index in [-0.39, 0.29) is 12.3 Å². The number of rotatable bonds is 17. The molecule has 0 atom stereocenters. The van der Waals surface area contributed by atoms with Gasteiger partial charge in [0.25, 0.3) is 0 Å². The van der Waals surface area contributed by atoms with Crippen LogP contribution >= 0.6 is 26.8 Å². The monoisotopic (exact) mass is 525 g/mol. The molecule has 0 aliphatic rings. The number of imidazole rings is 1. The van der Waals surface area contributed by atoms with Gasteiger partial charge in [-0.15, -0.1) is 0 Å². The maximum atomic E-state index is 12.9. The number of hydrogen-bond acceptors (Lipinski definition) is 10. The SMILES string of the molecule is CCOP(=O)(CCN(CCn1cnc2c(Cl)ncnc21)CCP(=O)(OCC)OCC)OCC. The van der Waals surface area contributed by atoms with Crippen molar-refractivity contribution in [2.75, 3.05) is 58.4 Å². The van der Waals surface area contributed by atoms with Crippen molar-refractivity contribution < 1.29 is 27.2 Å². The fraction of sp³-hybridized carbons (Fsp3) is 0.737. The Morgan fingerprint density at radius 2 is 1.36 bits per heavy atom. The summed E-state index contributed by atoms with van der Waals surface area (Å²) in [6.45, 7) is 10.2. The van der Waals surface area contributed by atoms with Gasteiger partial charge in [0, 0.05) is 26.2 Å². The minimum atomic E-state index is -3.22. The van der Waals surface area contributed by atoms with Crippen LogP contribution in [0.4, 0.5) is 0 Å². The van der Waals surface area contributed by atoms with Gasteiger partial charge in [-0.2, -0.15) is 0 Å². The lowest BCUT2D eigenvalue weighted by molar-refractivity contribution is 0.205. The fourth-order valence-corrected chi connectivity index (χ4v) is 6.72. The summed E-state index contributed by atoms with van der Waals surface area (Å²) in [6, 6.07) is 0. The molecule has 11 nitrogen and oxygen atoms in total. The number of nitrogens with zero attached hydrogens (tertiary/aromatic N) is 5. The highest BCUT2D eigenvalue weighted by Crippen LogP contribution is 2.49. The van der Waals surface area contributed by atoms with E-state index < -0.39 is 15.2 Å². The number of fused-ring (bicyclic) bond motifs is 1. The zero-order chi connectivity index (χ0) is 24.3. The third-order valence-electron chi connectivity index (χ3n) is 4.70. The van der Waals surface area contributed by atoms with E-state index in [1.807, 2.05) is 9.47 Å². The van der Waals surface area contributed by atoms with Gasteiger partial charge in [0.15, 0.2) is 10.8 Å². The molecule has 14 heteroatoms. The first kappa shape index (κ1) is 28.3. The van der Waals surface area contributed by atoms with Crippen molar-refractivity contribution in [3.05, 3.63) is 17.8 Å². The molecule has 0 aliphatic heterocycles. The van der Waals surface area contributed by atoms with Crippen LogP contribution in [0.2, 0.25) is 5.15 Å². The van der Waals surface area contributed by atoms with Gasteiger partial charge in [0.2, 0.25) is 0 Å². The molecule has 2 heterocycles. The molecule has 0 fully saturated rings. The standard InChI is InChI=1S/C19H34ClN5O6P2/c1-5-28-32(26,29-6-2)13-11-24(12-14-33(27,30-7-3)31-8-4)9-10-25-16-23-17-18(20)21-15-22-19(17)25/h15-16H,5-14H2,1-4H3. The average Bonchev–Trinajstić information content (AvgIpc) is 3.18. The van der Waals surface area contributed by atoms with Crippen molar-refractivity contribution in [2.24, 2.45) is 0 Å². The van der Waals surface area contributed by atoms with Crippen molar-refractivity contribution in [3.63, 3.8) is 0 Å². The Bertz CT molecular complexity index is 908. The Morgan fingerprint density at radius 1 is 0.848 bits per heavy atom. The van der Waals surface area contributed by atoms with Gasteiger partial charge in [-0.05, 0) is 27.7 Å². The average molecular weight is 526 g/mol. The van der Waals surface area contributed by atoms with E-state index in [0.29, 0.717) is 68.9 Å². The van der Waals surface area contributed by atoms with Crippen LogP contribution in [0.5, 0.6) is 0 Å². The predicted octanol–water partition coefficient (Wildman–Crippen LogP) is 4.31. The second kappa shape index (κ2) is 13.9. The summed E-state index contributed by atoms with van der Waals surface area (Å²) in [5, 5.41) is 0.291.